The fourth-order valence-electron chi connectivity index (χ4n) is 3.93. The number of thioether (sulfide) groups is 1. The highest BCUT2D eigenvalue weighted by atomic mass is 32.2. The third-order valence-corrected chi connectivity index (χ3v) is 7.60. The predicted molar refractivity (Wildman–Crippen MR) is 121 cm³/mol. The van der Waals surface area contributed by atoms with Gasteiger partial charge < -0.3 is 5.32 Å². The van der Waals surface area contributed by atoms with E-state index in [0.717, 1.165) is 46.3 Å². The van der Waals surface area contributed by atoms with Gasteiger partial charge >= 0.3 is 0 Å². The average molecular weight is 428 g/mol. The molecule has 0 spiro atoms. The van der Waals surface area contributed by atoms with Crippen LogP contribution in [0.4, 0.5) is 5.69 Å². The van der Waals surface area contributed by atoms with Crippen LogP contribution < -0.4 is 10.9 Å². The lowest BCUT2D eigenvalue weighted by molar-refractivity contribution is -0.113. The van der Waals surface area contributed by atoms with E-state index >= 15 is 0 Å². The third-order valence-electron chi connectivity index (χ3n) is 5.43. The Bertz CT molecular complexity index is 1130. The number of rotatable bonds is 5. The maximum Gasteiger partial charge on any atom is 0.263 e. The number of carbonyl (C=O) groups excluding carboxylic acids is 1. The molecular weight excluding hydrogens is 402 g/mol. The Morgan fingerprint density at radius 3 is 2.69 bits per heavy atom. The Kier molecular flexibility index (Phi) is 5.79. The minimum absolute atomic E-state index is 0.0366. The molecule has 0 aliphatic heterocycles. The maximum absolute atomic E-state index is 13.2. The Morgan fingerprint density at radius 2 is 1.97 bits per heavy atom. The van der Waals surface area contributed by atoms with Crippen molar-refractivity contribution in [3.05, 3.63) is 50.1 Å². The van der Waals surface area contributed by atoms with E-state index in [-0.39, 0.29) is 17.2 Å². The standard InChI is InChI=1S/C22H25N3O2S2/c1-4-25-21(27)18-15-10-5-6-11-16(15)29-20(18)24-22(25)28-12-17(26)23-19-13(2)8-7-9-14(19)3/h7-9H,4-6,10-12H2,1-3H3,(H,23,26). The zero-order valence-corrected chi connectivity index (χ0v) is 18.6. The quantitative estimate of drug-likeness (QED) is 0.473. The van der Waals surface area contributed by atoms with Gasteiger partial charge in [0.1, 0.15) is 4.83 Å². The highest BCUT2D eigenvalue weighted by Gasteiger charge is 2.22. The van der Waals surface area contributed by atoms with Gasteiger partial charge in [-0.25, -0.2) is 4.98 Å². The number of nitrogens with one attached hydrogen (secondary N) is 1. The first-order valence-electron chi connectivity index (χ1n) is 10.0. The van der Waals surface area contributed by atoms with Crippen molar-refractivity contribution in [3.63, 3.8) is 0 Å². The molecule has 1 N–H and O–H groups in total. The van der Waals surface area contributed by atoms with E-state index in [1.54, 1.807) is 15.9 Å². The second-order valence-electron chi connectivity index (χ2n) is 7.44. The number of aromatic nitrogens is 2. The molecule has 4 rings (SSSR count). The van der Waals surface area contributed by atoms with E-state index in [1.807, 2.05) is 39.0 Å². The molecule has 1 aromatic carbocycles. The molecule has 0 bridgehead atoms. The van der Waals surface area contributed by atoms with Gasteiger partial charge in [0.15, 0.2) is 5.16 Å². The molecule has 0 fully saturated rings. The number of aryl methyl sites for hydroxylation is 4. The molecule has 29 heavy (non-hydrogen) atoms. The number of amides is 1. The van der Waals surface area contributed by atoms with Crippen molar-refractivity contribution in [2.75, 3.05) is 11.1 Å². The molecule has 2 aromatic heterocycles. The number of anilines is 1. The number of hydrogen-bond acceptors (Lipinski definition) is 5. The van der Waals surface area contributed by atoms with Crippen molar-refractivity contribution in [1.82, 2.24) is 9.55 Å². The summed E-state index contributed by atoms with van der Waals surface area (Å²) in [6.45, 7) is 6.47. The summed E-state index contributed by atoms with van der Waals surface area (Å²) in [5, 5.41) is 4.43. The van der Waals surface area contributed by atoms with Crippen LogP contribution in [0.5, 0.6) is 0 Å². The van der Waals surface area contributed by atoms with Crippen LogP contribution in [0.3, 0.4) is 0 Å². The van der Waals surface area contributed by atoms with E-state index in [1.165, 1.54) is 28.6 Å². The van der Waals surface area contributed by atoms with Crippen LogP contribution in [0.1, 0.15) is 41.3 Å². The van der Waals surface area contributed by atoms with Gasteiger partial charge in [-0.2, -0.15) is 0 Å². The molecule has 1 aliphatic carbocycles. The molecular formula is C22H25N3O2S2. The van der Waals surface area contributed by atoms with Gasteiger partial charge in [-0.05, 0) is 63.1 Å². The molecule has 0 atom stereocenters. The normalized spacial score (nSPS) is 13.5. The summed E-state index contributed by atoms with van der Waals surface area (Å²) in [5.74, 6) is 0.131. The monoisotopic (exact) mass is 427 g/mol. The van der Waals surface area contributed by atoms with Crippen molar-refractivity contribution in [1.29, 1.82) is 0 Å². The van der Waals surface area contributed by atoms with Crippen molar-refractivity contribution >= 4 is 44.9 Å². The van der Waals surface area contributed by atoms with Gasteiger partial charge in [-0.1, -0.05) is 30.0 Å². The molecule has 7 heteroatoms. The molecule has 0 unspecified atom stereocenters. The number of nitrogens with zero attached hydrogens (tertiary/aromatic N) is 2. The summed E-state index contributed by atoms with van der Waals surface area (Å²) >= 11 is 2.98. The Labute approximate surface area is 178 Å². The number of thiophene rings is 1. The van der Waals surface area contributed by atoms with E-state index in [4.69, 9.17) is 4.98 Å². The SMILES string of the molecule is CCn1c(SCC(=O)Nc2c(C)cccc2C)nc2sc3c(c2c1=O)CCCC3. The highest BCUT2D eigenvalue weighted by Crippen LogP contribution is 2.34. The minimum Gasteiger partial charge on any atom is -0.325 e. The molecule has 152 valence electrons. The van der Waals surface area contributed by atoms with E-state index in [2.05, 4.69) is 5.32 Å². The topological polar surface area (TPSA) is 64.0 Å². The summed E-state index contributed by atoms with van der Waals surface area (Å²) in [6.07, 6.45) is 4.34. The fraction of sp³-hybridized carbons (Fsp3) is 0.409. The van der Waals surface area contributed by atoms with Crippen molar-refractivity contribution < 1.29 is 4.79 Å². The summed E-state index contributed by atoms with van der Waals surface area (Å²) in [5.41, 5.74) is 4.19. The third kappa shape index (κ3) is 3.85. The molecule has 0 saturated heterocycles. The first-order valence-corrected chi connectivity index (χ1v) is 11.8. The van der Waals surface area contributed by atoms with Crippen molar-refractivity contribution in [2.45, 2.75) is 58.2 Å². The number of carbonyl (C=O) groups is 1. The lowest BCUT2D eigenvalue weighted by Crippen LogP contribution is -2.24. The molecule has 2 heterocycles. The molecule has 0 saturated carbocycles. The van der Waals surface area contributed by atoms with Crippen LogP contribution in [0.25, 0.3) is 10.2 Å². The van der Waals surface area contributed by atoms with Crippen LogP contribution in [-0.4, -0.2) is 21.2 Å². The second kappa shape index (κ2) is 8.32. The predicted octanol–water partition coefficient (Wildman–Crippen LogP) is 4.70. The maximum atomic E-state index is 13.2. The van der Waals surface area contributed by atoms with Crippen LogP contribution in [0.2, 0.25) is 0 Å². The number of benzene rings is 1. The molecule has 1 aliphatic rings. The summed E-state index contributed by atoms with van der Waals surface area (Å²) in [6, 6.07) is 5.95. The minimum atomic E-state index is -0.0881. The van der Waals surface area contributed by atoms with E-state index in [0.29, 0.717) is 11.7 Å². The zero-order valence-electron chi connectivity index (χ0n) is 17.0. The fourth-order valence-corrected chi connectivity index (χ4v) is 6.09. The first-order chi connectivity index (χ1) is 14.0. The zero-order chi connectivity index (χ0) is 20.5. The van der Waals surface area contributed by atoms with Gasteiger partial charge in [0.05, 0.1) is 11.1 Å². The number of hydrogen-bond donors (Lipinski definition) is 1. The highest BCUT2D eigenvalue weighted by molar-refractivity contribution is 7.99. The van der Waals surface area contributed by atoms with Crippen LogP contribution >= 0.6 is 23.1 Å². The van der Waals surface area contributed by atoms with E-state index in [9.17, 15) is 9.59 Å². The summed E-state index contributed by atoms with van der Waals surface area (Å²) < 4.78 is 1.71. The van der Waals surface area contributed by atoms with Crippen molar-refractivity contribution in [2.24, 2.45) is 0 Å². The van der Waals surface area contributed by atoms with Crippen molar-refractivity contribution in [3.8, 4) is 0 Å². The lowest BCUT2D eigenvalue weighted by atomic mass is 9.97. The summed E-state index contributed by atoms with van der Waals surface area (Å²) in [4.78, 5) is 32.6. The smallest absolute Gasteiger partial charge is 0.263 e. The molecule has 1 amide bonds. The second-order valence-corrected chi connectivity index (χ2v) is 9.46. The van der Waals surface area contributed by atoms with Gasteiger partial charge in [-0.3, -0.25) is 14.2 Å². The number of fused-ring (bicyclic) bond motifs is 3. The molecule has 5 nitrogen and oxygen atoms in total. The van der Waals surface area contributed by atoms with Gasteiger partial charge in [-0.15, -0.1) is 11.3 Å². The average Bonchev–Trinajstić information content (AvgIpc) is 3.08. The number of para-hydroxylation sites is 1. The van der Waals surface area contributed by atoms with Gasteiger partial charge in [0, 0.05) is 17.1 Å². The Hall–Kier alpha value is -2.12. The van der Waals surface area contributed by atoms with Gasteiger partial charge in [0.25, 0.3) is 5.56 Å². The van der Waals surface area contributed by atoms with Gasteiger partial charge in [0.2, 0.25) is 5.91 Å². The Balaban J connectivity index is 1.59. The van der Waals surface area contributed by atoms with Crippen LogP contribution in [0.15, 0.2) is 28.2 Å². The first kappa shape index (κ1) is 20.2. The Morgan fingerprint density at radius 1 is 1.24 bits per heavy atom. The largest absolute Gasteiger partial charge is 0.325 e. The summed E-state index contributed by atoms with van der Waals surface area (Å²) in [7, 11) is 0. The molecule has 0 radical (unpaired) electrons. The molecule has 3 aromatic rings. The lowest BCUT2D eigenvalue weighted by Gasteiger charge is -2.13. The van der Waals surface area contributed by atoms with Crippen LogP contribution in [-0.2, 0) is 24.2 Å². The van der Waals surface area contributed by atoms with E-state index < -0.39 is 0 Å². The van der Waals surface area contributed by atoms with Crippen LogP contribution in [0, 0.1) is 13.8 Å².